The minimum absolute atomic E-state index is 0.360. The van der Waals surface area contributed by atoms with Crippen LogP contribution in [0.5, 0.6) is 0 Å². The highest BCUT2D eigenvalue weighted by Gasteiger charge is 2.09. The highest BCUT2D eigenvalue weighted by atomic mass is 16.4. The smallest absolute Gasteiger partial charge is 0.308 e. The lowest BCUT2D eigenvalue weighted by Crippen LogP contribution is -1.90. The molecule has 1 amide bonds. The Labute approximate surface area is 124 Å². The highest BCUT2D eigenvalue weighted by molar-refractivity contribution is 5.70. The van der Waals surface area contributed by atoms with Crippen LogP contribution in [0.3, 0.4) is 0 Å². The standard InChI is InChI=1S/C15H11N5O2/c21-9-18-14-7-20-6-13(19-15(20)22-14)11-3-1-10(2-4-11)12-5-16-8-17-12/h1-9H,(H,16,17)(H,18,21). The number of carbonyl (C=O) groups is 1. The first-order valence-corrected chi connectivity index (χ1v) is 6.61. The van der Waals surface area contributed by atoms with Gasteiger partial charge in [-0.3, -0.25) is 14.5 Å². The molecule has 22 heavy (non-hydrogen) atoms. The van der Waals surface area contributed by atoms with Crippen molar-refractivity contribution in [2.24, 2.45) is 0 Å². The third kappa shape index (κ3) is 2.05. The average molecular weight is 293 g/mol. The lowest BCUT2D eigenvalue weighted by atomic mass is 10.1. The van der Waals surface area contributed by atoms with E-state index in [1.54, 1.807) is 23.1 Å². The van der Waals surface area contributed by atoms with E-state index >= 15 is 0 Å². The quantitative estimate of drug-likeness (QED) is 0.566. The average Bonchev–Trinajstić information content (AvgIpc) is 3.23. The molecular weight excluding hydrogens is 282 g/mol. The summed E-state index contributed by atoms with van der Waals surface area (Å²) in [6.45, 7) is 0. The van der Waals surface area contributed by atoms with Crippen molar-refractivity contribution in [3.05, 3.63) is 49.2 Å². The Hall–Kier alpha value is -3.35. The van der Waals surface area contributed by atoms with Gasteiger partial charge >= 0.3 is 5.84 Å². The summed E-state index contributed by atoms with van der Waals surface area (Å²) < 4.78 is 7.12. The molecule has 3 aromatic heterocycles. The van der Waals surface area contributed by atoms with Crippen LogP contribution in [0.25, 0.3) is 28.4 Å². The van der Waals surface area contributed by atoms with Gasteiger partial charge in [-0.2, -0.15) is 4.98 Å². The van der Waals surface area contributed by atoms with Gasteiger partial charge in [0.05, 0.1) is 30.1 Å². The van der Waals surface area contributed by atoms with Gasteiger partial charge in [0.25, 0.3) is 0 Å². The Morgan fingerprint density at radius 3 is 2.68 bits per heavy atom. The largest absolute Gasteiger partial charge is 0.407 e. The monoisotopic (exact) mass is 293 g/mol. The van der Waals surface area contributed by atoms with Crippen LogP contribution in [-0.2, 0) is 4.79 Å². The molecule has 0 atom stereocenters. The van der Waals surface area contributed by atoms with Gasteiger partial charge in [0.1, 0.15) is 0 Å². The van der Waals surface area contributed by atoms with Gasteiger partial charge in [0.2, 0.25) is 12.3 Å². The number of nitrogens with one attached hydrogen (secondary N) is 2. The van der Waals surface area contributed by atoms with Gasteiger partial charge < -0.3 is 9.40 Å². The number of carbonyl (C=O) groups excluding carboxylic acids is 1. The number of nitrogens with zero attached hydrogens (tertiary/aromatic N) is 3. The van der Waals surface area contributed by atoms with E-state index in [9.17, 15) is 4.79 Å². The number of oxazole rings is 1. The van der Waals surface area contributed by atoms with E-state index in [-0.39, 0.29) is 0 Å². The number of hydrogen-bond acceptors (Lipinski definition) is 4. The van der Waals surface area contributed by atoms with Crippen molar-refractivity contribution in [3.8, 4) is 22.5 Å². The Bertz CT molecular complexity index is 887. The van der Waals surface area contributed by atoms with Crippen LogP contribution in [0.4, 0.5) is 5.88 Å². The molecule has 0 aliphatic rings. The molecule has 0 aliphatic carbocycles. The van der Waals surface area contributed by atoms with Crippen LogP contribution in [0, 0.1) is 0 Å². The van der Waals surface area contributed by atoms with E-state index in [1.165, 1.54) is 0 Å². The molecule has 4 rings (SSSR count). The minimum Gasteiger partial charge on any atom is -0.407 e. The van der Waals surface area contributed by atoms with Crippen LogP contribution in [0.15, 0.2) is 53.6 Å². The second-order valence-corrected chi connectivity index (χ2v) is 4.72. The maximum absolute atomic E-state index is 10.4. The number of H-pyrrole nitrogens is 1. The van der Waals surface area contributed by atoms with E-state index in [2.05, 4.69) is 20.3 Å². The molecule has 0 unspecified atom stereocenters. The molecule has 1 aromatic carbocycles. The molecule has 7 nitrogen and oxygen atoms in total. The number of aromatic amines is 1. The Morgan fingerprint density at radius 1 is 1.18 bits per heavy atom. The number of aromatic nitrogens is 4. The Kier molecular flexibility index (Phi) is 2.75. The maximum Gasteiger partial charge on any atom is 0.308 e. The summed E-state index contributed by atoms with van der Waals surface area (Å²) in [5.74, 6) is 0.788. The topological polar surface area (TPSA) is 88.2 Å². The van der Waals surface area contributed by atoms with Gasteiger partial charge in [-0.25, -0.2) is 4.98 Å². The van der Waals surface area contributed by atoms with Crippen molar-refractivity contribution in [1.29, 1.82) is 0 Å². The highest BCUT2D eigenvalue weighted by Crippen LogP contribution is 2.24. The number of hydrogen-bond donors (Lipinski definition) is 2. The molecule has 2 N–H and O–H groups in total. The second-order valence-electron chi connectivity index (χ2n) is 4.72. The molecule has 0 radical (unpaired) electrons. The van der Waals surface area contributed by atoms with Crippen molar-refractivity contribution in [2.45, 2.75) is 0 Å². The molecule has 0 bridgehead atoms. The molecule has 0 fully saturated rings. The van der Waals surface area contributed by atoms with Crippen LogP contribution >= 0.6 is 0 Å². The summed E-state index contributed by atoms with van der Waals surface area (Å²) >= 11 is 0. The fraction of sp³-hybridized carbons (Fsp3) is 0. The summed E-state index contributed by atoms with van der Waals surface area (Å²) in [5.41, 5.74) is 3.80. The number of amides is 1. The van der Waals surface area contributed by atoms with E-state index in [0.29, 0.717) is 18.1 Å². The summed E-state index contributed by atoms with van der Waals surface area (Å²) in [5, 5.41) is 2.45. The zero-order valence-corrected chi connectivity index (χ0v) is 11.4. The lowest BCUT2D eigenvalue weighted by Gasteiger charge is -1.99. The molecule has 3 heterocycles. The first kappa shape index (κ1) is 12.4. The lowest BCUT2D eigenvalue weighted by molar-refractivity contribution is -0.105. The SMILES string of the molecule is O=CNc1cn2cc(-c3ccc(-c4cnc[nH]4)cc3)nc2o1. The first-order chi connectivity index (χ1) is 10.8. The van der Waals surface area contributed by atoms with Gasteiger partial charge in [0, 0.05) is 11.8 Å². The summed E-state index contributed by atoms with van der Waals surface area (Å²) in [4.78, 5) is 21.9. The maximum atomic E-state index is 10.4. The summed E-state index contributed by atoms with van der Waals surface area (Å²) in [6.07, 6.45) is 7.50. The number of anilines is 1. The zero-order valence-electron chi connectivity index (χ0n) is 11.4. The molecule has 0 spiro atoms. The number of rotatable bonds is 4. The van der Waals surface area contributed by atoms with Gasteiger partial charge in [-0.05, 0) is 5.56 Å². The van der Waals surface area contributed by atoms with E-state index in [0.717, 1.165) is 22.5 Å². The van der Waals surface area contributed by atoms with E-state index < -0.39 is 0 Å². The van der Waals surface area contributed by atoms with Crippen molar-refractivity contribution in [2.75, 3.05) is 5.32 Å². The predicted molar refractivity (Wildman–Crippen MR) is 80.2 cm³/mol. The summed E-state index contributed by atoms with van der Waals surface area (Å²) in [6, 6.07) is 7.98. The minimum atomic E-state index is 0.360. The molecule has 0 saturated heterocycles. The van der Waals surface area contributed by atoms with Crippen molar-refractivity contribution < 1.29 is 9.21 Å². The van der Waals surface area contributed by atoms with Crippen LogP contribution in [0.2, 0.25) is 0 Å². The normalized spacial score (nSPS) is 10.9. The first-order valence-electron chi connectivity index (χ1n) is 6.61. The summed E-state index contributed by atoms with van der Waals surface area (Å²) in [7, 11) is 0. The third-order valence-corrected chi connectivity index (χ3v) is 3.35. The Morgan fingerprint density at radius 2 is 2.00 bits per heavy atom. The van der Waals surface area contributed by atoms with E-state index in [4.69, 9.17) is 4.42 Å². The fourth-order valence-corrected chi connectivity index (χ4v) is 2.29. The van der Waals surface area contributed by atoms with Crippen molar-refractivity contribution in [1.82, 2.24) is 19.4 Å². The van der Waals surface area contributed by atoms with Crippen LogP contribution in [-0.4, -0.2) is 25.8 Å². The van der Waals surface area contributed by atoms with Crippen LogP contribution < -0.4 is 5.32 Å². The number of imidazole rings is 2. The number of benzene rings is 1. The molecule has 7 heteroatoms. The zero-order chi connectivity index (χ0) is 14.9. The van der Waals surface area contributed by atoms with Gasteiger partial charge in [-0.15, -0.1) is 0 Å². The second kappa shape index (κ2) is 4.88. The molecule has 0 aliphatic heterocycles. The molecule has 4 aromatic rings. The van der Waals surface area contributed by atoms with Gasteiger partial charge in [-0.1, -0.05) is 24.3 Å². The van der Waals surface area contributed by atoms with E-state index in [1.807, 2.05) is 30.5 Å². The molecular formula is C15H11N5O2. The van der Waals surface area contributed by atoms with Crippen molar-refractivity contribution >= 4 is 18.1 Å². The van der Waals surface area contributed by atoms with Gasteiger partial charge in [0.15, 0.2) is 0 Å². The Balaban J connectivity index is 1.66. The van der Waals surface area contributed by atoms with Crippen molar-refractivity contribution in [3.63, 3.8) is 0 Å². The third-order valence-electron chi connectivity index (χ3n) is 3.35. The number of fused-ring (bicyclic) bond motifs is 1. The molecule has 0 saturated carbocycles. The predicted octanol–water partition coefficient (Wildman–Crippen LogP) is 2.55. The van der Waals surface area contributed by atoms with Crippen LogP contribution in [0.1, 0.15) is 0 Å². The fourth-order valence-electron chi connectivity index (χ4n) is 2.29. The molecule has 108 valence electrons.